The topological polar surface area (TPSA) is 78.4 Å². The van der Waals surface area contributed by atoms with Gasteiger partial charge in [0.15, 0.2) is 18.7 Å². The molecule has 0 aliphatic carbocycles. The zero-order chi connectivity index (χ0) is 16.4. The maximum atomic E-state index is 11.5. The molecular weight excluding hydrogens is 308 g/mol. The van der Waals surface area contributed by atoms with E-state index < -0.39 is 0 Å². The first-order valence-corrected chi connectivity index (χ1v) is 7.31. The van der Waals surface area contributed by atoms with Crippen LogP contribution in [0.25, 0.3) is 22.4 Å². The van der Waals surface area contributed by atoms with Crippen LogP contribution in [0.3, 0.4) is 0 Å². The minimum atomic E-state index is 0.0624. The van der Waals surface area contributed by atoms with Gasteiger partial charge in [-0.2, -0.15) is 4.98 Å². The number of rotatable bonds is 5. The SMILES string of the molecule is O=Cc1c(OCc2nc(-c3ccco3)no2)ccc2ccccc12. The van der Waals surface area contributed by atoms with Crippen molar-refractivity contribution in [1.29, 1.82) is 0 Å². The molecular formula is C18H12N2O4. The predicted octanol–water partition coefficient (Wildman–Crippen LogP) is 3.87. The second-order valence-corrected chi connectivity index (χ2v) is 5.09. The molecule has 24 heavy (non-hydrogen) atoms. The van der Waals surface area contributed by atoms with Crippen molar-refractivity contribution in [2.45, 2.75) is 6.61 Å². The Morgan fingerprint density at radius 1 is 1.08 bits per heavy atom. The highest BCUT2D eigenvalue weighted by atomic mass is 16.5. The van der Waals surface area contributed by atoms with E-state index in [4.69, 9.17) is 13.7 Å². The van der Waals surface area contributed by atoms with E-state index in [1.54, 1.807) is 18.2 Å². The molecule has 6 nitrogen and oxygen atoms in total. The van der Waals surface area contributed by atoms with Gasteiger partial charge in [-0.15, -0.1) is 0 Å². The van der Waals surface area contributed by atoms with Gasteiger partial charge in [-0.3, -0.25) is 4.79 Å². The summed E-state index contributed by atoms with van der Waals surface area (Å²) in [6.45, 7) is 0.0624. The number of ether oxygens (including phenoxy) is 1. The minimum absolute atomic E-state index is 0.0624. The van der Waals surface area contributed by atoms with Gasteiger partial charge >= 0.3 is 0 Å². The number of aromatic nitrogens is 2. The Bertz CT molecular complexity index is 989. The van der Waals surface area contributed by atoms with E-state index in [9.17, 15) is 4.79 Å². The van der Waals surface area contributed by atoms with Crippen molar-refractivity contribution in [2.24, 2.45) is 0 Å². The zero-order valence-corrected chi connectivity index (χ0v) is 12.5. The summed E-state index contributed by atoms with van der Waals surface area (Å²) in [4.78, 5) is 15.7. The maximum absolute atomic E-state index is 11.5. The van der Waals surface area contributed by atoms with Crippen LogP contribution in [0.1, 0.15) is 16.2 Å². The highest BCUT2D eigenvalue weighted by Gasteiger charge is 2.13. The molecule has 2 aromatic heterocycles. The van der Waals surface area contributed by atoms with Gasteiger partial charge in [-0.25, -0.2) is 0 Å². The fraction of sp³-hybridized carbons (Fsp3) is 0.0556. The van der Waals surface area contributed by atoms with E-state index in [0.717, 1.165) is 17.1 Å². The number of carbonyl (C=O) groups is 1. The number of fused-ring (bicyclic) bond motifs is 1. The van der Waals surface area contributed by atoms with Crippen LogP contribution < -0.4 is 4.74 Å². The summed E-state index contributed by atoms with van der Waals surface area (Å²) in [5, 5.41) is 5.65. The minimum Gasteiger partial charge on any atom is -0.483 e. The number of hydrogen-bond donors (Lipinski definition) is 0. The molecule has 0 aliphatic rings. The number of benzene rings is 2. The Morgan fingerprint density at radius 3 is 2.83 bits per heavy atom. The van der Waals surface area contributed by atoms with Gasteiger partial charge in [-0.05, 0) is 29.0 Å². The zero-order valence-electron chi connectivity index (χ0n) is 12.5. The smallest absolute Gasteiger partial charge is 0.264 e. The van der Waals surface area contributed by atoms with Crippen molar-refractivity contribution in [2.75, 3.05) is 0 Å². The first-order chi connectivity index (χ1) is 11.8. The number of hydrogen-bond acceptors (Lipinski definition) is 6. The van der Waals surface area contributed by atoms with E-state index in [2.05, 4.69) is 10.1 Å². The second-order valence-electron chi connectivity index (χ2n) is 5.09. The summed E-state index contributed by atoms with van der Waals surface area (Å²) >= 11 is 0. The van der Waals surface area contributed by atoms with Crippen LogP contribution in [0.15, 0.2) is 63.7 Å². The molecule has 4 rings (SSSR count). The molecule has 2 aromatic carbocycles. The third-order valence-electron chi connectivity index (χ3n) is 3.61. The molecule has 0 amide bonds. The summed E-state index contributed by atoms with van der Waals surface area (Å²) in [6.07, 6.45) is 2.33. The van der Waals surface area contributed by atoms with E-state index in [0.29, 0.717) is 28.8 Å². The molecule has 0 aliphatic heterocycles. The standard InChI is InChI=1S/C18H12N2O4/c21-10-14-13-5-2-1-4-12(13)7-8-15(14)23-11-17-19-18(20-24-17)16-6-3-9-22-16/h1-10H,11H2. The number of nitrogens with zero attached hydrogens (tertiary/aromatic N) is 2. The van der Waals surface area contributed by atoms with Gasteiger partial charge in [0.25, 0.3) is 5.89 Å². The van der Waals surface area contributed by atoms with Crippen molar-refractivity contribution in [3.63, 3.8) is 0 Å². The molecule has 0 fully saturated rings. The summed E-state index contributed by atoms with van der Waals surface area (Å²) in [7, 11) is 0. The molecule has 0 unspecified atom stereocenters. The Morgan fingerprint density at radius 2 is 2.00 bits per heavy atom. The van der Waals surface area contributed by atoms with Crippen molar-refractivity contribution < 1.29 is 18.5 Å². The fourth-order valence-corrected chi connectivity index (χ4v) is 2.48. The van der Waals surface area contributed by atoms with Crippen LogP contribution in [0.2, 0.25) is 0 Å². The van der Waals surface area contributed by atoms with E-state index in [1.807, 2.05) is 30.3 Å². The molecule has 6 heteroatoms. The third kappa shape index (κ3) is 2.54. The second kappa shape index (κ2) is 6.00. The van der Waals surface area contributed by atoms with E-state index >= 15 is 0 Å². The lowest BCUT2D eigenvalue weighted by Crippen LogP contribution is -1.99. The van der Waals surface area contributed by atoms with Crippen LogP contribution >= 0.6 is 0 Å². The average Bonchev–Trinajstić information content (AvgIpc) is 3.30. The van der Waals surface area contributed by atoms with Crippen molar-refractivity contribution in [3.8, 4) is 17.3 Å². The number of aldehydes is 1. The monoisotopic (exact) mass is 320 g/mol. The Kier molecular flexibility index (Phi) is 3.55. The summed E-state index contributed by atoms with van der Waals surface area (Å²) in [5.41, 5.74) is 0.499. The Balaban J connectivity index is 1.58. The van der Waals surface area contributed by atoms with E-state index in [-0.39, 0.29) is 6.61 Å². The highest BCUT2D eigenvalue weighted by molar-refractivity contribution is 6.00. The lowest BCUT2D eigenvalue weighted by atomic mass is 10.0. The lowest BCUT2D eigenvalue weighted by Gasteiger charge is -2.08. The predicted molar refractivity (Wildman–Crippen MR) is 85.7 cm³/mol. The molecule has 0 bridgehead atoms. The lowest BCUT2D eigenvalue weighted by molar-refractivity contribution is 0.111. The van der Waals surface area contributed by atoms with Gasteiger partial charge in [-0.1, -0.05) is 35.5 Å². The van der Waals surface area contributed by atoms with Gasteiger partial charge in [0.1, 0.15) is 5.75 Å². The largest absolute Gasteiger partial charge is 0.483 e. The van der Waals surface area contributed by atoms with Crippen molar-refractivity contribution >= 4 is 17.1 Å². The summed E-state index contributed by atoms with van der Waals surface area (Å²) < 4.78 is 16.0. The van der Waals surface area contributed by atoms with Crippen molar-refractivity contribution in [1.82, 2.24) is 10.1 Å². The molecule has 0 atom stereocenters. The van der Waals surface area contributed by atoms with E-state index in [1.165, 1.54) is 6.26 Å². The Hall–Kier alpha value is -3.41. The molecule has 118 valence electrons. The van der Waals surface area contributed by atoms with Gasteiger partial charge < -0.3 is 13.7 Å². The fourth-order valence-electron chi connectivity index (χ4n) is 2.48. The summed E-state index contributed by atoms with van der Waals surface area (Å²) in [6, 6.07) is 14.8. The van der Waals surface area contributed by atoms with Crippen LogP contribution in [-0.4, -0.2) is 16.4 Å². The molecule has 0 N–H and O–H groups in total. The first-order valence-electron chi connectivity index (χ1n) is 7.31. The highest BCUT2D eigenvalue weighted by Crippen LogP contribution is 2.27. The Labute approximate surface area is 136 Å². The molecule has 0 saturated heterocycles. The molecule has 4 aromatic rings. The molecule has 2 heterocycles. The quantitative estimate of drug-likeness (QED) is 0.519. The average molecular weight is 320 g/mol. The van der Waals surface area contributed by atoms with Crippen LogP contribution in [0.5, 0.6) is 5.75 Å². The van der Waals surface area contributed by atoms with Gasteiger partial charge in [0, 0.05) is 0 Å². The van der Waals surface area contributed by atoms with Crippen LogP contribution in [-0.2, 0) is 6.61 Å². The maximum Gasteiger partial charge on any atom is 0.264 e. The van der Waals surface area contributed by atoms with Gasteiger partial charge in [0.2, 0.25) is 5.82 Å². The number of furan rings is 1. The van der Waals surface area contributed by atoms with Crippen LogP contribution in [0.4, 0.5) is 0 Å². The summed E-state index contributed by atoms with van der Waals surface area (Å²) in [5.74, 6) is 1.64. The molecule has 0 saturated carbocycles. The van der Waals surface area contributed by atoms with Crippen LogP contribution in [0, 0.1) is 0 Å². The van der Waals surface area contributed by atoms with Gasteiger partial charge in [0.05, 0.1) is 11.8 Å². The number of carbonyl (C=O) groups excluding carboxylic acids is 1. The normalized spacial score (nSPS) is 10.8. The molecule has 0 radical (unpaired) electrons. The van der Waals surface area contributed by atoms with Crippen molar-refractivity contribution in [3.05, 3.63) is 66.2 Å². The molecule has 0 spiro atoms. The third-order valence-corrected chi connectivity index (χ3v) is 3.61. The first kappa shape index (κ1) is 14.2.